The maximum atomic E-state index is 12.3. The van der Waals surface area contributed by atoms with Crippen molar-refractivity contribution in [3.05, 3.63) is 30.3 Å². The van der Waals surface area contributed by atoms with E-state index < -0.39 is 23.8 Å². The fourth-order valence-corrected chi connectivity index (χ4v) is 2.30. The van der Waals surface area contributed by atoms with E-state index in [-0.39, 0.29) is 11.5 Å². The number of para-hydroxylation sites is 1. The maximum Gasteiger partial charge on any atom is 0.278 e. The highest BCUT2D eigenvalue weighted by molar-refractivity contribution is 6.47. The molecule has 2 aliphatic rings. The van der Waals surface area contributed by atoms with Gasteiger partial charge < -0.3 is 4.84 Å². The van der Waals surface area contributed by atoms with Gasteiger partial charge in [-0.2, -0.15) is 0 Å². The average Bonchev–Trinajstić information content (AvgIpc) is 2.93. The molecule has 6 nitrogen and oxygen atoms in total. The summed E-state index contributed by atoms with van der Waals surface area (Å²) < 4.78 is 0. The SMILES string of the molecule is CC(=O)C1=NO[C@H]2C(=O)N(c3ccccc3)C(=O)[C@@H]12. The lowest BCUT2D eigenvalue weighted by atomic mass is 9.97. The van der Waals surface area contributed by atoms with Gasteiger partial charge in [0.15, 0.2) is 5.78 Å². The molecule has 0 unspecified atom stereocenters. The van der Waals surface area contributed by atoms with E-state index in [1.165, 1.54) is 6.92 Å². The van der Waals surface area contributed by atoms with Gasteiger partial charge in [-0.15, -0.1) is 0 Å². The minimum Gasteiger partial charge on any atom is -0.381 e. The molecule has 2 aliphatic heterocycles. The van der Waals surface area contributed by atoms with Crippen molar-refractivity contribution in [1.82, 2.24) is 0 Å². The fraction of sp³-hybridized carbons (Fsp3) is 0.231. The van der Waals surface area contributed by atoms with E-state index in [0.717, 1.165) is 4.90 Å². The van der Waals surface area contributed by atoms with Crippen LogP contribution in [0, 0.1) is 5.92 Å². The van der Waals surface area contributed by atoms with Crippen molar-refractivity contribution < 1.29 is 19.2 Å². The van der Waals surface area contributed by atoms with Gasteiger partial charge in [0.1, 0.15) is 11.6 Å². The van der Waals surface area contributed by atoms with Crippen LogP contribution < -0.4 is 4.90 Å². The largest absolute Gasteiger partial charge is 0.381 e. The van der Waals surface area contributed by atoms with Crippen molar-refractivity contribution in [1.29, 1.82) is 0 Å². The molecule has 6 heteroatoms. The van der Waals surface area contributed by atoms with Crippen LogP contribution in [0.25, 0.3) is 0 Å². The Balaban J connectivity index is 2.00. The van der Waals surface area contributed by atoms with Crippen LogP contribution in [0.2, 0.25) is 0 Å². The third-order valence-corrected chi connectivity index (χ3v) is 3.19. The summed E-state index contributed by atoms with van der Waals surface area (Å²) in [5.74, 6) is -2.22. The van der Waals surface area contributed by atoms with Gasteiger partial charge in [-0.1, -0.05) is 23.4 Å². The number of ketones is 1. The van der Waals surface area contributed by atoms with Gasteiger partial charge in [0.25, 0.3) is 5.91 Å². The number of hydrogen-bond donors (Lipinski definition) is 0. The van der Waals surface area contributed by atoms with Gasteiger partial charge in [-0.3, -0.25) is 14.4 Å². The molecule has 0 aliphatic carbocycles. The molecule has 2 amide bonds. The number of Topliss-reactive ketones (excluding diaryl/α,β-unsaturated/α-hetero) is 1. The number of fused-ring (bicyclic) bond motifs is 1. The average molecular weight is 258 g/mol. The molecule has 0 bridgehead atoms. The first-order valence-corrected chi connectivity index (χ1v) is 5.79. The highest BCUT2D eigenvalue weighted by Gasteiger charge is 2.56. The van der Waals surface area contributed by atoms with E-state index in [4.69, 9.17) is 4.84 Å². The highest BCUT2D eigenvalue weighted by Crippen LogP contribution is 2.33. The van der Waals surface area contributed by atoms with E-state index in [1.54, 1.807) is 30.3 Å². The summed E-state index contributed by atoms with van der Waals surface area (Å²) in [5.41, 5.74) is 0.486. The van der Waals surface area contributed by atoms with Crippen molar-refractivity contribution in [2.45, 2.75) is 13.0 Å². The summed E-state index contributed by atoms with van der Waals surface area (Å²) in [6.07, 6.45) is -1.01. The van der Waals surface area contributed by atoms with Gasteiger partial charge in [0.2, 0.25) is 12.0 Å². The van der Waals surface area contributed by atoms with E-state index in [1.807, 2.05) is 0 Å². The van der Waals surface area contributed by atoms with Crippen LogP contribution in [0.4, 0.5) is 5.69 Å². The number of hydrogen-bond acceptors (Lipinski definition) is 5. The molecule has 1 aromatic rings. The lowest BCUT2D eigenvalue weighted by Crippen LogP contribution is -2.33. The normalized spacial score (nSPS) is 25.1. The molecule has 3 rings (SSSR count). The third-order valence-electron chi connectivity index (χ3n) is 3.19. The Morgan fingerprint density at radius 1 is 1.21 bits per heavy atom. The molecule has 1 fully saturated rings. The summed E-state index contributed by atoms with van der Waals surface area (Å²) in [6, 6.07) is 8.55. The zero-order chi connectivity index (χ0) is 13.6. The van der Waals surface area contributed by atoms with Crippen LogP contribution in [0.15, 0.2) is 35.5 Å². The van der Waals surface area contributed by atoms with Crippen LogP contribution in [0.1, 0.15) is 6.92 Å². The van der Waals surface area contributed by atoms with E-state index in [9.17, 15) is 14.4 Å². The van der Waals surface area contributed by atoms with Gasteiger partial charge >= 0.3 is 0 Å². The van der Waals surface area contributed by atoms with E-state index in [0.29, 0.717) is 5.69 Å². The molecular formula is C13H10N2O4. The molecule has 0 saturated carbocycles. The number of carbonyl (C=O) groups excluding carboxylic acids is 3. The molecule has 0 N–H and O–H groups in total. The number of amides is 2. The Hall–Kier alpha value is -2.50. The molecule has 1 aromatic carbocycles. The molecule has 0 radical (unpaired) electrons. The molecule has 0 aromatic heterocycles. The first kappa shape index (κ1) is 11.6. The monoisotopic (exact) mass is 258 g/mol. The van der Waals surface area contributed by atoms with Crippen molar-refractivity contribution in [3.8, 4) is 0 Å². The second-order valence-electron chi connectivity index (χ2n) is 4.38. The molecule has 2 heterocycles. The van der Waals surface area contributed by atoms with Crippen LogP contribution in [-0.2, 0) is 19.2 Å². The minimum absolute atomic E-state index is 0.0155. The number of imide groups is 1. The third kappa shape index (κ3) is 1.56. The number of anilines is 1. The summed E-state index contributed by atoms with van der Waals surface area (Å²) in [5, 5.41) is 3.55. The maximum absolute atomic E-state index is 12.3. The van der Waals surface area contributed by atoms with Gasteiger partial charge in [-0.05, 0) is 12.1 Å². The number of oxime groups is 1. The lowest BCUT2D eigenvalue weighted by Gasteiger charge is -2.14. The van der Waals surface area contributed by atoms with Crippen LogP contribution in [-0.4, -0.2) is 29.4 Å². The van der Waals surface area contributed by atoms with Gasteiger partial charge in [-0.25, -0.2) is 4.90 Å². The summed E-state index contributed by atoms with van der Waals surface area (Å²) in [6.45, 7) is 1.30. The molecular weight excluding hydrogens is 248 g/mol. The lowest BCUT2D eigenvalue weighted by molar-refractivity contribution is -0.126. The fourth-order valence-electron chi connectivity index (χ4n) is 2.30. The molecule has 96 valence electrons. The first-order chi connectivity index (χ1) is 9.11. The number of rotatable bonds is 2. The standard InChI is InChI=1S/C13H10N2O4/c1-7(16)10-9-11(19-14-10)13(18)15(12(9)17)8-5-3-2-4-6-8/h2-6,9,11H,1H3/t9-,11+/m0/s1. The van der Waals surface area contributed by atoms with Crippen molar-refractivity contribution in [2.75, 3.05) is 4.90 Å². The second-order valence-corrected chi connectivity index (χ2v) is 4.38. The topological polar surface area (TPSA) is 76.0 Å². The summed E-state index contributed by atoms with van der Waals surface area (Å²) in [7, 11) is 0. The quantitative estimate of drug-likeness (QED) is 0.725. The molecule has 2 atom stereocenters. The zero-order valence-electron chi connectivity index (χ0n) is 10.1. The van der Waals surface area contributed by atoms with Crippen LogP contribution in [0.3, 0.4) is 0 Å². The first-order valence-electron chi connectivity index (χ1n) is 5.79. The van der Waals surface area contributed by atoms with Crippen molar-refractivity contribution in [3.63, 3.8) is 0 Å². The Morgan fingerprint density at radius 2 is 1.89 bits per heavy atom. The minimum atomic E-state index is -1.01. The molecule has 0 spiro atoms. The predicted octanol–water partition coefficient (Wildman–Crippen LogP) is 0.520. The number of benzene rings is 1. The van der Waals surface area contributed by atoms with Crippen LogP contribution >= 0.6 is 0 Å². The Bertz CT molecular complexity index is 608. The van der Waals surface area contributed by atoms with Crippen molar-refractivity contribution >= 4 is 29.0 Å². The molecule has 1 saturated heterocycles. The Labute approximate surface area is 108 Å². The second kappa shape index (κ2) is 4.01. The van der Waals surface area contributed by atoms with Crippen molar-refractivity contribution in [2.24, 2.45) is 11.1 Å². The van der Waals surface area contributed by atoms with E-state index in [2.05, 4.69) is 5.16 Å². The Morgan fingerprint density at radius 3 is 2.53 bits per heavy atom. The zero-order valence-corrected chi connectivity index (χ0v) is 10.1. The smallest absolute Gasteiger partial charge is 0.278 e. The predicted molar refractivity (Wildman–Crippen MR) is 65.4 cm³/mol. The highest BCUT2D eigenvalue weighted by atomic mass is 16.7. The van der Waals surface area contributed by atoms with Crippen LogP contribution in [0.5, 0.6) is 0 Å². The van der Waals surface area contributed by atoms with E-state index >= 15 is 0 Å². The number of nitrogens with zero attached hydrogens (tertiary/aromatic N) is 2. The van der Waals surface area contributed by atoms with Gasteiger partial charge in [0, 0.05) is 6.92 Å². The molecule has 19 heavy (non-hydrogen) atoms. The van der Waals surface area contributed by atoms with Gasteiger partial charge in [0.05, 0.1) is 5.69 Å². The summed E-state index contributed by atoms with van der Waals surface area (Å²) in [4.78, 5) is 41.8. The Kier molecular flexibility index (Phi) is 2.45. The number of carbonyl (C=O) groups is 3. The summed E-state index contributed by atoms with van der Waals surface area (Å²) >= 11 is 0.